The molecule has 0 radical (unpaired) electrons. The summed E-state index contributed by atoms with van der Waals surface area (Å²) in [6.45, 7) is 5.30. The molecule has 0 unspecified atom stereocenters. The minimum absolute atomic E-state index is 0.266. The topological polar surface area (TPSA) is 55.4 Å². The number of methoxy groups -OCH3 is 1. The van der Waals surface area contributed by atoms with Gasteiger partial charge in [0.05, 0.1) is 17.7 Å². The van der Waals surface area contributed by atoms with Crippen molar-refractivity contribution in [1.29, 1.82) is 0 Å². The molecule has 118 valence electrons. The Hall–Kier alpha value is -1.72. The lowest BCUT2D eigenvalue weighted by Crippen LogP contribution is -2.16. The lowest BCUT2D eigenvalue weighted by atomic mass is 10.1. The van der Waals surface area contributed by atoms with Crippen LogP contribution in [-0.4, -0.2) is 15.5 Å². The van der Waals surface area contributed by atoms with Gasteiger partial charge < -0.3 is 4.74 Å². The molecular weight excluding hydrogens is 322 g/mol. The summed E-state index contributed by atoms with van der Waals surface area (Å²) < 4.78 is 33.2. The lowest BCUT2D eigenvalue weighted by Gasteiger charge is -2.15. The van der Waals surface area contributed by atoms with Crippen molar-refractivity contribution in [3.05, 3.63) is 52.0 Å². The van der Waals surface area contributed by atoms with E-state index in [4.69, 9.17) is 16.3 Å². The largest absolute Gasteiger partial charge is 0.497 e. The van der Waals surface area contributed by atoms with E-state index >= 15 is 0 Å². The van der Waals surface area contributed by atoms with Crippen LogP contribution < -0.4 is 9.46 Å². The maximum atomic E-state index is 12.7. The summed E-state index contributed by atoms with van der Waals surface area (Å²) in [4.78, 5) is 0.266. The molecule has 2 aromatic carbocycles. The van der Waals surface area contributed by atoms with Crippen molar-refractivity contribution in [2.24, 2.45) is 0 Å². The first-order valence-electron chi connectivity index (χ1n) is 6.69. The molecule has 0 heterocycles. The van der Waals surface area contributed by atoms with Gasteiger partial charge in [0.2, 0.25) is 0 Å². The second-order valence-electron chi connectivity index (χ2n) is 5.16. The molecule has 4 nitrogen and oxygen atoms in total. The Morgan fingerprint density at radius 3 is 2.09 bits per heavy atom. The first kappa shape index (κ1) is 16.6. The fourth-order valence-corrected chi connectivity index (χ4v) is 4.20. The van der Waals surface area contributed by atoms with Crippen LogP contribution >= 0.6 is 11.6 Å². The summed E-state index contributed by atoms with van der Waals surface area (Å²) >= 11 is 5.90. The Morgan fingerprint density at radius 2 is 1.59 bits per heavy atom. The quantitative estimate of drug-likeness (QED) is 0.913. The highest BCUT2D eigenvalue weighted by atomic mass is 35.5. The van der Waals surface area contributed by atoms with Gasteiger partial charge in [0.25, 0.3) is 10.0 Å². The highest BCUT2D eigenvalue weighted by Gasteiger charge is 2.21. The zero-order chi connectivity index (χ0) is 16.5. The predicted octanol–water partition coefficient (Wildman–Crippen LogP) is 4.07. The van der Waals surface area contributed by atoms with Gasteiger partial charge in [0.15, 0.2) is 0 Å². The van der Waals surface area contributed by atoms with Crippen molar-refractivity contribution in [2.75, 3.05) is 11.8 Å². The number of hydrogen-bond acceptors (Lipinski definition) is 3. The van der Waals surface area contributed by atoms with Crippen LogP contribution in [0.15, 0.2) is 35.2 Å². The van der Waals surface area contributed by atoms with Crippen molar-refractivity contribution in [3.8, 4) is 5.75 Å². The first-order chi connectivity index (χ1) is 10.2. The number of anilines is 1. The van der Waals surface area contributed by atoms with Gasteiger partial charge in [-0.2, -0.15) is 0 Å². The molecule has 6 heteroatoms. The molecule has 0 amide bonds. The maximum absolute atomic E-state index is 12.7. The van der Waals surface area contributed by atoms with Crippen LogP contribution in [0.3, 0.4) is 0 Å². The molecule has 0 aliphatic heterocycles. The molecule has 1 N–H and O–H groups in total. The van der Waals surface area contributed by atoms with E-state index < -0.39 is 10.0 Å². The first-order valence-corrected chi connectivity index (χ1v) is 8.55. The van der Waals surface area contributed by atoms with Gasteiger partial charge in [0.1, 0.15) is 5.75 Å². The molecule has 0 aliphatic rings. The van der Waals surface area contributed by atoms with E-state index in [9.17, 15) is 8.42 Å². The van der Waals surface area contributed by atoms with E-state index in [1.165, 1.54) is 0 Å². The number of rotatable bonds is 4. The molecule has 0 aromatic heterocycles. The molecule has 0 spiro atoms. The molecule has 2 aromatic rings. The van der Waals surface area contributed by atoms with Crippen LogP contribution in [0, 0.1) is 20.8 Å². The number of halogens is 1. The number of nitrogens with one attached hydrogen (secondary N) is 1. The Labute approximate surface area is 136 Å². The highest BCUT2D eigenvalue weighted by molar-refractivity contribution is 7.92. The molecule has 0 aliphatic carbocycles. The fraction of sp³-hybridized carbons (Fsp3) is 0.250. The average molecular weight is 340 g/mol. The van der Waals surface area contributed by atoms with E-state index in [0.29, 0.717) is 27.6 Å². The Bertz CT molecular complexity index is 793. The third-order valence-electron chi connectivity index (χ3n) is 3.37. The summed E-state index contributed by atoms with van der Waals surface area (Å²) in [6.07, 6.45) is 0. The normalized spacial score (nSPS) is 11.3. The third kappa shape index (κ3) is 3.36. The summed E-state index contributed by atoms with van der Waals surface area (Å²) in [5.74, 6) is 0.636. The van der Waals surface area contributed by atoms with Crippen LogP contribution in [0.5, 0.6) is 5.75 Å². The number of sulfonamides is 1. The molecular formula is C16H18ClNO3S. The van der Waals surface area contributed by atoms with Crippen LogP contribution in [0.2, 0.25) is 5.02 Å². The average Bonchev–Trinajstić information content (AvgIpc) is 2.40. The standard InChI is InChI=1S/C16H18ClNO3S/c1-10-7-13(17)5-6-15(10)18-22(19,20)16-11(2)8-14(21-4)9-12(16)3/h5-9,18H,1-4H3. The molecule has 22 heavy (non-hydrogen) atoms. The summed E-state index contributed by atoms with van der Waals surface area (Å²) in [5.41, 5.74) is 2.55. The Balaban J connectivity index is 2.47. The van der Waals surface area contributed by atoms with Gasteiger partial charge in [-0.3, -0.25) is 4.72 Å². The van der Waals surface area contributed by atoms with Gasteiger partial charge in [-0.15, -0.1) is 0 Å². The summed E-state index contributed by atoms with van der Waals surface area (Å²) in [6, 6.07) is 8.43. The van der Waals surface area contributed by atoms with Crippen molar-refractivity contribution in [3.63, 3.8) is 0 Å². The van der Waals surface area contributed by atoms with E-state index in [1.54, 1.807) is 58.2 Å². The van der Waals surface area contributed by atoms with E-state index in [-0.39, 0.29) is 4.90 Å². The van der Waals surface area contributed by atoms with E-state index in [0.717, 1.165) is 5.56 Å². The second-order valence-corrected chi connectivity index (χ2v) is 7.21. The zero-order valence-electron chi connectivity index (χ0n) is 12.9. The van der Waals surface area contributed by atoms with Gasteiger partial charge in [0, 0.05) is 5.02 Å². The summed E-state index contributed by atoms with van der Waals surface area (Å²) in [5, 5.41) is 0.567. The fourth-order valence-electron chi connectivity index (χ4n) is 2.39. The third-order valence-corrected chi connectivity index (χ3v) is 5.28. The van der Waals surface area contributed by atoms with Crippen LogP contribution in [0.4, 0.5) is 5.69 Å². The maximum Gasteiger partial charge on any atom is 0.262 e. The van der Waals surface area contributed by atoms with E-state index in [1.807, 2.05) is 0 Å². The van der Waals surface area contributed by atoms with Crippen molar-refractivity contribution in [2.45, 2.75) is 25.7 Å². The van der Waals surface area contributed by atoms with Gasteiger partial charge >= 0.3 is 0 Å². The van der Waals surface area contributed by atoms with Gasteiger partial charge in [-0.1, -0.05) is 11.6 Å². The van der Waals surface area contributed by atoms with Crippen LogP contribution in [-0.2, 0) is 10.0 Å². The van der Waals surface area contributed by atoms with Crippen LogP contribution in [0.25, 0.3) is 0 Å². The Morgan fingerprint density at radius 1 is 1.00 bits per heavy atom. The monoisotopic (exact) mass is 339 g/mol. The molecule has 0 fully saturated rings. The second kappa shape index (κ2) is 6.18. The minimum atomic E-state index is -3.68. The van der Waals surface area contributed by atoms with Crippen LogP contribution in [0.1, 0.15) is 16.7 Å². The molecule has 0 saturated carbocycles. The molecule has 0 atom stereocenters. The molecule has 2 rings (SSSR count). The molecule has 0 saturated heterocycles. The van der Waals surface area contributed by atoms with Gasteiger partial charge in [-0.05, 0) is 67.8 Å². The number of benzene rings is 2. The smallest absolute Gasteiger partial charge is 0.262 e. The number of aryl methyl sites for hydroxylation is 3. The Kier molecular flexibility index (Phi) is 4.68. The van der Waals surface area contributed by atoms with Crippen molar-refractivity contribution in [1.82, 2.24) is 0 Å². The minimum Gasteiger partial charge on any atom is -0.497 e. The number of hydrogen-bond donors (Lipinski definition) is 1. The summed E-state index contributed by atoms with van der Waals surface area (Å²) in [7, 11) is -2.13. The van der Waals surface area contributed by atoms with Crippen molar-refractivity contribution < 1.29 is 13.2 Å². The van der Waals surface area contributed by atoms with Crippen molar-refractivity contribution >= 4 is 27.3 Å². The zero-order valence-corrected chi connectivity index (χ0v) is 14.5. The predicted molar refractivity (Wildman–Crippen MR) is 89.5 cm³/mol. The van der Waals surface area contributed by atoms with E-state index in [2.05, 4.69) is 4.72 Å². The SMILES string of the molecule is COc1cc(C)c(S(=O)(=O)Nc2ccc(Cl)cc2C)c(C)c1. The lowest BCUT2D eigenvalue weighted by molar-refractivity contribution is 0.413. The highest BCUT2D eigenvalue weighted by Crippen LogP contribution is 2.28. The number of ether oxygens (including phenoxy) is 1. The molecule has 0 bridgehead atoms. The van der Waals surface area contributed by atoms with Gasteiger partial charge in [-0.25, -0.2) is 8.42 Å².